The van der Waals surface area contributed by atoms with Gasteiger partial charge in [0, 0.05) is 15.7 Å². The lowest BCUT2D eigenvalue weighted by Gasteiger charge is -2.30. The molecule has 0 heterocycles. The number of carbonyl (C=O) groups excluding carboxylic acids is 1. The summed E-state index contributed by atoms with van der Waals surface area (Å²) in [4.78, 5) is 22.6. The number of carboxylic acids is 1. The van der Waals surface area contributed by atoms with Crippen LogP contribution in [0.1, 0.15) is 42.5 Å². The van der Waals surface area contributed by atoms with Gasteiger partial charge < -0.3 is 16.2 Å². The van der Waals surface area contributed by atoms with Crippen molar-refractivity contribution in [3.8, 4) is 0 Å². The van der Waals surface area contributed by atoms with E-state index < -0.39 is 17.4 Å². The number of primary amides is 1. The first kappa shape index (κ1) is 14.8. The SMILES string of the molecule is NC(=O)c1cc(Br)ccc1NC1(CC(=O)O)CCCC1. The molecule has 1 aliphatic carbocycles. The zero-order chi connectivity index (χ0) is 14.8. The van der Waals surface area contributed by atoms with E-state index in [4.69, 9.17) is 10.8 Å². The molecule has 1 aromatic carbocycles. The lowest BCUT2D eigenvalue weighted by Crippen LogP contribution is -2.38. The second-order valence-electron chi connectivity index (χ2n) is 5.24. The summed E-state index contributed by atoms with van der Waals surface area (Å²) >= 11 is 3.30. The fraction of sp³-hybridized carbons (Fsp3) is 0.429. The highest BCUT2D eigenvalue weighted by Gasteiger charge is 2.36. The number of hydrogen-bond acceptors (Lipinski definition) is 3. The maximum atomic E-state index is 11.5. The van der Waals surface area contributed by atoms with Gasteiger partial charge in [-0.2, -0.15) is 0 Å². The number of benzene rings is 1. The monoisotopic (exact) mass is 340 g/mol. The van der Waals surface area contributed by atoms with E-state index in [-0.39, 0.29) is 6.42 Å². The number of hydrogen-bond donors (Lipinski definition) is 3. The van der Waals surface area contributed by atoms with Crippen molar-refractivity contribution in [2.75, 3.05) is 5.32 Å². The molecule has 1 amide bonds. The minimum atomic E-state index is -0.836. The summed E-state index contributed by atoms with van der Waals surface area (Å²) in [7, 11) is 0. The number of carbonyl (C=O) groups is 2. The summed E-state index contributed by atoms with van der Waals surface area (Å²) in [5, 5.41) is 12.4. The molecule has 0 bridgehead atoms. The number of carboxylic acid groups (broad SMARTS) is 1. The van der Waals surface area contributed by atoms with Crippen LogP contribution in [0.2, 0.25) is 0 Å². The molecule has 1 aliphatic rings. The molecule has 6 heteroatoms. The molecule has 1 saturated carbocycles. The van der Waals surface area contributed by atoms with E-state index in [1.54, 1.807) is 18.2 Å². The highest BCUT2D eigenvalue weighted by Crippen LogP contribution is 2.37. The third-order valence-electron chi connectivity index (χ3n) is 3.70. The summed E-state index contributed by atoms with van der Waals surface area (Å²) < 4.78 is 0.760. The molecule has 1 fully saturated rings. The van der Waals surface area contributed by atoms with Crippen molar-refractivity contribution in [3.05, 3.63) is 28.2 Å². The maximum Gasteiger partial charge on any atom is 0.305 e. The van der Waals surface area contributed by atoms with Crippen LogP contribution in [-0.4, -0.2) is 22.5 Å². The van der Waals surface area contributed by atoms with Gasteiger partial charge in [0.1, 0.15) is 0 Å². The molecule has 0 radical (unpaired) electrons. The summed E-state index contributed by atoms with van der Waals surface area (Å²) in [6, 6.07) is 5.21. The van der Waals surface area contributed by atoms with Gasteiger partial charge in [-0.3, -0.25) is 9.59 Å². The Morgan fingerprint density at radius 3 is 2.55 bits per heavy atom. The van der Waals surface area contributed by atoms with E-state index in [1.165, 1.54) is 0 Å². The second kappa shape index (κ2) is 5.83. The predicted octanol–water partition coefficient (Wildman–Crippen LogP) is 2.75. The van der Waals surface area contributed by atoms with Gasteiger partial charge in [-0.15, -0.1) is 0 Å². The molecule has 0 atom stereocenters. The first-order valence-electron chi connectivity index (χ1n) is 6.51. The summed E-state index contributed by atoms with van der Waals surface area (Å²) in [5.74, 6) is -1.37. The number of nitrogens with two attached hydrogens (primary N) is 1. The van der Waals surface area contributed by atoms with Crippen molar-refractivity contribution in [3.63, 3.8) is 0 Å². The van der Waals surface area contributed by atoms with Crippen LogP contribution in [0.4, 0.5) is 5.69 Å². The van der Waals surface area contributed by atoms with Crippen molar-refractivity contribution in [2.45, 2.75) is 37.6 Å². The molecule has 108 valence electrons. The number of amides is 1. The van der Waals surface area contributed by atoms with Crippen LogP contribution >= 0.6 is 15.9 Å². The average molecular weight is 341 g/mol. The van der Waals surface area contributed by atoms with E-state index in [2.05, 4.69) is 21.2 Å². The normalized spacial score (nSPS) is 16.9. The predicted molar refractivity (Wildman–Crippen MR) is 79.7 cm³/mol. The molecule has 20 heavy (non-hydrogen) atoms. The molecule has 0 aromatic heterocycles. The van der Waals surface area contributed by atoms with E-state index in [9.17, 15) is 9.59 Å². The van der Waals surface area contributed by atoms with E-state index in [0.717, 1.165) is 30.2 Å². The number of rotatable bonds is 5. The largest absolute Gasteiger partial charge is 0.481 e. The quantitative estimate of drug-likeness (QED) is 0.768. The van der Waals surface area contributed by atoms with Gasteiger partial charge in [-0.05, 0) is 31.0 Å². The van der Waals surface area contributed by atoms with Gasteiger partial charge in [0.15, 0.2) is 0 Å². The van der Waals surface area contributed by atoms with Gasteiger partial charge in [0.05, 0.1) is 12.0 Å². The molecule has 0 spiro atoms. The average Bonchev–Trinajstić information content (AvgIpc) is 2.78. The van der Waals surface area contributed by atoms with Crippen LogP contribution in [0.3, 0.4) is 0 Å². The molecule has 0 aliphatic heterocycles. The molecular weight excluding hydrogens is 324 g/mol. The maximum absolute atomic E-state index is 11.5. The molecule has 1 aromatic rings. The molecule has 0 unspecified atom stereocenters. The van der Waals surface area contributed by atoms with Crippen molar-refractivity contribution in [1.82, 2.24) is 0 Å². The van der Waals surface area contributed by atoms with Crippen molar-refractivity contribution in [1.29, 1.82) is 0 Å². The Morgan fingerprint density at radius 1 is 1.35 bits per heavy atom. The Kier molecular flexibility index (Phi) is 4.32. The van der Waals surface area contributed by atoms with Crippen LogP contribution < -0.4 is 11.1 Å². The van der Waals surface area contributed by atoms with E-state index >= 15 is 0 Å². The summed E-state index contributed by atoms with van der Waals surface area (Å²) in [6.45, 7) is 0. The van der Waals surface area contributed by atoms with Crippen LogP contribution in [0, 0.1) is 0 Å². The fourth-order valence-electron chi connectivity index (χ4n) is 2.80. The van der Waals surface area contributed by atoms with Crippen molar-refractivity contribution < 1.29 is 14.7 Å². The van der Waals surface area contributed by atoms with Crippen LogP contribution in [0.25, 0.3) is 0 Å². The molecular formula is C14H17BrN2O3. The van der Waals surface area contributed by atoms with Gasteiger partial charge in [0.25, 0.3) is 5.91 Å². The molecule has 4 N–H and O–H groups in total. The summed E-state index contributed by atoms with van der Waals surface area (Å²) in [5.41, 5.74) is 5.88. The number of aliphatic carboxylic acids is 1. The van der Waals surface area contributed by atoms with Crippen molar-refractivity contribution in [2.24, 2.45) is 5.73 Å². The zero-order valence-electron chi connectivity index (χ0n) is 11.0. The first-order valence-corrected chi connectivity index (χ1v) is 7.30. The molecule has 2 rings (SSSR count). The molecule has 0 saturated heterocycles. The number of anilines is 1. The lowest BCUT2D eigenvalue weighted by atomic mass is 9.92. The highest BCUT2D eigenvalue weighted by molar-refractivity contribution is 9.10. The van der Waals surface area contributed by atoms with Crippen LogP contribution in [-0.2, 0) is 4.79 Å². The van der Waals surface area contributed by atoms with Gasteiger partial charge in [0.2, 0.25) is 0 Å². The van der Waals surface area contributed by atoms with Gasteiger partial charge in [-0.1, -0.05) is 28.8 Å². The Hall–Kier alpha value is -1.56. The van der Waals surface area contributed by atoms with E-state index in [0.29, 0.717) is 11.3 Å². The third kappa shape index (κ3) is 3.30. The Morgan fingerprint density at radius 2 is 2.00 bits per heavy atom. The Bertz CT molecular complexity index is 539. The van der Waals surface area contributed by atoms with Gasteiger partial charge >= 0.3 is 5.97 Å². The third-order valence-corrected chi connectivity index (χ3v) is 4.19. The van der Waals surface area contributed by atoms with E-state index in [1.807, 2.05) is 0 Å². The lowest BCUT2D eigenvalue weighted by molar-refractivity contribution is -0.138. The Balaban J connectivity index is 2.31. The standard InChI is InChI=1S/C14H17BrN2O3/c15-9-3-4-11(10(7-9)13(16)20)17-14(8-12(18)19)5-1-2-6-14/h3-4,7,17H,1-2,5-6,8H2,(H2,16,20)(H,18,19). The second-order valence-corrected chi connectivity index (χ2v) is 6.15. The van der Waals surface area contributed by atoms with Crippen LogP contribution in [0.15, 0.2) is 22.7 Å². The van der Waals surface area contributed by atoms with Crippen molar-refractivity contribution >= 4 is 33.5 Å². The minimum Gasteiger partial charge on any atom is -0.481 e. The van der Waals surface area contributed by atoms with Gasteiger partial charge in [-0.25, -0.2) is 0 Å². The Labute approximate surface area is 125 Å². The summed E-state index contributed by atoms with van der Waals surface area (Å²) in [6.07, 6.45) is 3.59. The minimum absolute atomic E-state index is 0.0429. The fourth-order valence-corrected chi connectivity index (χ4v) is 3.16. The topological polar surface area (TPSA) is 92.4 Å². The highest BCUT2D eigenvalue weighted by atomic mass is 79.9. The zero-order valence-corrected chi connectivity index (χ0v) is 12.6. The van der Waals surface area contributed by atoms with Crippen LogP contribution in [0.5, 0.6) is 0 Å². The molecule has 5 nitrogen and oxygen atoms in total. The first-order chi connectivity index (χ1) is 9.42. The number of nitrogens with one attached hydrogen (secondary N) is 1. The smallest absolute Gasteiger partial charge is 0.305 e. The number of halogens is 1.